The molecular weight excluding hydrogens is 384 g/mol. The van der Waals surface area contributed by atoms with Crippen molar-refractivity contribution in [1.29, 1.82) is 0 Å². The van der Waals surface area contributed by atoms with E-state index in [9.17, 15) is 19.2 Å². The molecule has 1 aromatic carbocycles. The lowest BCUT2D eigenvalue weighted by Crippen LogP contribution is -2.54. The van der Waals surface area contributed by atoms with Crippen LogP contribution in [-0.4, -0.2) is 52.7 Å². The molecule has 3 aliphatic heterocycles. The first-order chi connectivity index (χ1) is 14.5. The lowest BCUT2D eigenvalue weighted by Gasteiger charge is -2.32. The van der Waals surface area contributed by atoms with Gasteiger partial charge in [-0.25, -0.2) is 0 Å². The topological polar surface area (TPSA) is 108 Å². The quantitative estimate of drug-likeness (QED) is 0.636. The molecule has 5 rings (SSSR count). The predicted octanol–water partition coefficient (Wildman–Crippen LogP) is 0.852. The van der Waals surface area contributed by atoms with Gasteiger partial charge >= 0.3 is 0 Å². The highest BCUT2D eigenvalue weighted by atomic mass is 16.2. The Balaban J connectivity index is 1.31. The summed E-state index contributed by atoms with van der Waals surface area (Å²) in [7, 11) is 0. The minimum Gasteiger partial charge on any atom is -0.310 e. The zero-order valence-corrected chi connectivity index (χ0v) is 16.8. The molecule has 2 atom stereocenters. The number of carbonyl (C=O) groups is 4. The third kappa shape index (κ3) is 3.06. The Morgan fingerprint density at radius 2 is 1.80 bits per heavy atom. The Bertz CT molecular complexity index is 932. The molecule has 0 bridgehead atoms. The second kappa shape index (κ2) is 7.28. The van der Waals surface area contributed by atoms with E-state index in [-0.39, 0.29) is 24.3 Å². The van der Waals surface area contributed by atoms with Crippen molar-refractivity contribution in [2.45, 2.75) is 69.1 Å². The molecule has 8 heteroatoms. The van der Waals surface area contributed by atoms with Crippen LogP contribution in [0.25, 0.3) is 0 Å². The smallest absolute Gasteiger partial charge is 0.262 e. The van der Waals surface area contributed by atoms with Crippen LogP contribution in [0, 0.1) is 0 Å². The van der Waals surface area contributed by atoms with Gasteiger partial charge in [-0.15, -0.1) is 0 Å². The zero-order chi connectivity index (χ0) is 20.9. The number of rotatable bonds is 4. The first-order valence-electron chi connectivity index (χ1n) is 10.8. The highest BCUT2D eigenvalue weighted by Crippen LogP contribution is 2.37. The minimum atomic E-state index is -0.927. The van der Waals surface area contributed by atoms with Gasteiger partial charge in [0.2, 0.25) is 11.8 Å². The molecule has 4 aliphatic rings. The average molecular weight is 410 g/mol. The monoisotopic (exact) mass is 410 g/mol. The lowest BCUT2D eigenvalue weighted by atomic mass is 9.90. The second-order valence-corrected chi connectivity index (χ2v) is 8.84. The van der Waals surface area contributed by atoms with Gasteiger partial charge in [0.15, 0.2) is 0 Å². The van der Waals surface area contributed by atoms with Crippen LogP contribution >= 0.6 is 0 Å². The number of benzene rings is 1. The van der Waals surface area contributed by atoms with E-state index in [1.807, 2.05) is 6.07 Å². The van der Waals surface area contributed by atoms with Crippen molar-refractivity contribution in [1.82, 2.24) is 20.9 Å². The fourth-order valence-corrected chi connectivity index (χ4v) is 5.56. The summed E-state index contributed by atoms with van der Waals surface area (Å²) < 4.78 is 0. The molecule has 3 heterocycles. The average Bonchev–Trinajstić information content (AvgIpc) is 3.42. The largest absolute Gasteiger partial charge is 0.310 e. The molecule has 1 aromatic rings. The van der Waals surface area contributed by atoms with Crippen LogP contribution < -0.4 is 16.0 Å². The van der Waals surface area contributed by atoms with Gasteiger partial charge in [0.05, 0.1) is 11.1 Å². The molecule has 1 aliphatic carbocycles. The van der Waals surface area contributed by atoms with E-state index in [1.165, 1.54) is 25.7 Å². The number of hydrogen-bond acceptors (Lipinski definition) is 6. The van der Waals surface area contributed by atoms with E-state index in [1.54, 1.807) is 12.1 Å². The van der Waals surface area contributed by atoms with Crippen molar-refractivity contribution in [3.63, 3.8) is 0 Å². The molecule has 2 unspecified atom stereocenters. The summed E-state index contributed by atoms with van der Waals surface area (Å²) in [5.74, 6) is -1.88. The standard InChI is InChI=1S/C22H26N4O4/c27-18-6-5-16(19(28)25-18)26-20(29)14-4-3-13(11-15(14)21(26)30)12-23-17-7-10-24-22(17)8-1-2-9-22/h3-4,11,16-17,23-24H,1-2,5-10,12H2,(H,25,27,28). The van der Waals surface area contributed by atoms with Crippen molar-refractivity contribution in [2.24, 2.45) is 0 Å². The van der Waals surface area contributed by atoms with E-state index in [0.717, 1.165) is 23.4 Å². The molecule has 30 heavy (non-hydrogen) atoms. The predicted molar refractivity (Wildman–Crippen MR) is 108 cm³/mol. The lowest BCUT2D eigenvalue weighted by molar-refractivity contribution is -0.136. The van der Waals surface area contributed by atoms with E-state index >= 15 is 0 Å². The number of imide groups is 2. The Kier molecular flexibility index (Phi) is 4.71. The number of hydrogen-bond donors (Lipinski definition) is 3. The molecule has 0 radical (unpaired) electrons. The van der Waals surface area contributed by atoms with Gasteiger partial charge in [-0.05, 0) is 49.9 Å². The van der Waals surface area contributed by atoms with Gasteiger partial charge in [-0.2, -0.15) is 0 Å². The Labute approximate surface area is 174 Å². The van der Waals surface area contributed by atoms with E-state index in [4.69, 9.17) is 0 Å². The zero-order valence-electron chi connectivity index (χ0n) is 16.8. The molecule has 3 N–H and O–H groups in total. The summed E-state index contributed by atoms with van der Waals surface area (Å²) in [6, 6.07) is 4.79. The number of nitrogens with zero attached hydrogens (tertiary/aromatic N) is 1. The molecule has 3 fully saturated rings. The Hall–Kier alpha value is -2.58. The normalized spacial score (nSPS) is 27.8. The summed E-state index contributed by atoms with van der Waals surface area (Å²) in [6.07, 6.45) is 6.29. The summed E-state index contributed by atoms with van der Waals surface area (Å²) in [4.78, 5) is 50.4. The maximum absolute atomic E-state index is 13.0. The molecule has 4 amide bonds. The third-order valence-corrected chi connectivity index (χ3v) is 7.13. The third-order valence-electron chi connectivity index (χ3n) is 7.13. The molecule has 158 valence electrons. The van der Waals surface area contributed by atoms with E-state index < -0.39 is 23.8 Å². The van der Waals surface area contributed by atoms with Crippen LogP contribution in [-0.2, 0) is 16.1 Å². The Morgan fingerprint density at radius 1 is 1.03 bits per heavy atom. The summed E-state index contributed by atoms with van der Waals surface area (Å²) >= 11 is 0. The van der Waals surface area contributed by atoms with Crippen LogP contribution in [0.1, 0.15) is 71.2 Å². The summed E-state index contributed by atoms with van der Waals surface area (Å²) in [5.41, 5.74) is 1.80. The molecular formula is C22H26N4O4. The molecule has 2 saturated heterocycles. The molecule has 8 nitrogen and oxygen atoms in total. The highest BCUT2D eigenvalue weighted by Gasteiger charge is 2.45. The van der Waals surface area contributed by atoms with Crippen molar-refractivity contribution >= 4 is 23.6 Å². The summed E-state index contributed by atoms with van der Waals surface area (Å²) in [5, 5.41) is 9.57. The number of amides is 4. The molecule has 1 saturated carbocycles. The van der Waals surface area contributed by atoms with Gasteiger partial charge in [0, 0.05) is 24.5 Å². The van der Waals surface area contributed by atoms with Crippen molar-refractivity contribution in [3.05, 3.63) is 34.9 Å². The van der Waals surface area contributed by atoms with Crippen LogP contribution in [0.5, 0.6) is 0 Å². The molecule has 1 spiro atoms. The fraction of sp³-hybridized carbons (Fsp3) is 0.545. The minimum absolute atomic E-state index is 0.121. The van der Waals surface area contributed by atoms with Crippen LogP contribution in [0.3, 0.4) is 0 Å². The Morgan fingerprint density at radius 3 is 2.57 bits per heavy atom. The first kappa shape index (κ1) is 19.4. The number of nitrogens with one attached hydrogen (secondary N) is 3. The number of piperidine rings is 1. The van der Waals surface area contributed by atoms with Crippen molar-refractivity contribution in [2.75, 3.05) is 6.54 Å². The van der Waals surface area contributed by atoms with E-state index in [0.29, 0.717) is 23.7 Å². The van der Waals surface area contributed by atoms with Crippen LogP contribution in [0.4, 0.5) is 0 Å². The van der Waals surface area contributed by atoms with Crippen molar-refractivity contribution in [3.8, 4) is 0 Å². The number of fused-ring (bicyclic) bond motifs is 1. The fourth-order valence-electron chi connectivity index (χ4n) is 5.56. The molecule has 0 aromatic heterocycles. The maximum Gasteiger partial charge on any atom is 0.262 e. The van der Waals surface area contributed by atoms with Gasteiger partial charge in [-0.3, -0.25) is 29.4 Å². The van der Waals surface area contributed by atoms with Gasteiger partial charge in [0.25, 0.3) is 11.8 Å². The van der Waals surface area contributed by atoms with Gasteiger partial charge < -0.3 is 10.6 Å². The van der Waals surface area contributed by atoms with Gasteiger partial charge in [-0.1, -0.05) is 18.9 Å². The van der Waals surface area contributed by atoms with Crippen LogP contribution in [0.2, 0.25) is 0 Å². The first-order valence-corrected chi connectivity index (χ1v) is 10.8. The van der Waals surface area contributed by atoms with Gasteiger partial charge in [0.1, 0.15) is 6.04 Å². The SMILES string of the molecule is O=C1CCC(N2C(=O)c3ccc(CNC4CCNC45CCCC5)cc3C2=O)C(=O)N1. The number of carbonyl (C=O) groups excluding carboxylic acids is 4. The van der Waals surface area contributed by atoms with Crippen LogP contribution in [0.15, 0.2) is 18.2 Å². The second-order valence-electron chi connectivity index (χ2n) is 8.84. The highest BCUT2D eigenvalue weighted by molar-refractivity contribution is 6.23. The van der Waals surface area contributed by atoms with Crippen molar-refractivity contribution < 1.29 is 19.2 Å². The van der Waals surface area contributed by atoms with E-state index in [2.05, 4.69) is 16.0 Å². The maximum atomic E-state index is 13.0. The summed E-state index contributed by atoms with van der Waals surface area (Å²) in [6.45, 7) is 1.65.